The smallest absolute Gasteiger partial charge is 0.340 e. The number of sulfonamides is 1. The number of aromatic nitrogens is 1. The minimum atomic E-state index is -4.02. The lowest BCUT2D eigenvalue weighted by atomic mass is 10.0. The molecule has 3 aromatic rings. The Morgan fingerprint density at radius 3 is 2.09 bits per heavy atom. The highest BCUT2D eigenvalue weighted by Crippen LogP contribution is 2.20. The number of esters is 2. The molecule has 0 fully saturated rings. The van der Waals surface area contributed by atoms with Gasteiger partial charge in [-0.2, -0.15) is 8.42 Å². The second-order valence-electron chi connectivity index (χ2n) is 7.77. The molecule has 0 unspecified atom stereocenters. The second-order valence-corrected chi connectivity index (χ2v) is 9.43. The van der Waals surface area contributed by atoms with Crippen molar-refractivity contribution in [1.82, 2.24) is 4.68 Å². The van der Waals surface area contributed by atoms with E-state index < -0.39 is 22.0 Å². The van der Waals surface area contributed by atoms with Crippen molar-refractivity contribution >= 4 is 27.7 Å². The number of ether oxygens (including phenoxy) is 2. The van der Waals surface area contributed by atoms with Crippen molar-refractivity contribution in [2.45, 2.75) is 32.1 Å². The van der Waals surface area contributed by atoms with Gasteiger partial charge >= 0.3 is 11.9 Å². The molecule has 0 bridgehead atoms. The van der Waals surface area contributed by atoms with Crippen molar-refractivity contribution in [3.63, 3.8) is 0 Å². The van der Waals surface area contributed by atoms with Crippen molar-refractivity contribution in [2.75, 3.05) is 18.5 Å². The molecule has 2 aromatic carbocycles. The van der Waals surface area contributed by atoms with Crippen LogP contribution in [0.5, 0.6) is 0 Å². The van der Waals surface area contributed by atoms with Crippen LogP contribution in [0.3, 0.4) is 0 Å². The number of carbonyl (C=O) groups excluding carboxylic acids is 3. The van der Waals surface area contributed by atoms with Crippen LogP contribution < -0.4 is 4.83 Å². The largest absolute Gasteiger partial charge is 0.465 e. The van der Waals surface area contributed by atoms with Gasteiger partial charge in [0.25, 0.3) is 10.0 Å². The molecule has 1 N–H and O–H groups in total. The minimum absolute atomic E-state index is 0.0320. The molecule has 0 aliphatic carbocycles. The molecule has 35 heavy (non-hydrogen) atoms. The molecule has 184 valence electrons. The molecule has 0 amide bonds. The van der Waals surface area contributed by atoms with Gasteiger partial charge in [-0.05, 0) is 51.1 Å². The number of Topliss-reactive ketones (excluding diaryl/α,β-unsaturated/α-hetero) is 1. The van der Waals surface area contributed by atoms with E-state index >= 15 is 0 Å². The maximum absolute atomic E-state index is 13.0. The minimum Gasteiger partial charge on any atom is -0.465 e. The summed E-state index contributed by atoms with van der Waals surface area (Å²) < 4.78 is 37.0. The fourth-order valence-corrected chi connectivity index (χ4v) is 4.51. The van der Waals surface area contributed by atoms with E-state index in [1.165, 1.54) is 54.3 Å². The number of carbonyl (C=O) groups is 3. The fourth-order valence-electron chi connectivity index (χ4n) is 3.41. The zero-order valence-corrected chi connectivity index (χ0v) is 20.6. The van der Waals surface area contributed by atoms with Crippen molar-refractivity contribution in [3.05, 3.63) is 88.2 Å². The number of nitrogens with one attached hydrogen (secondary N) is 1. The van der Waals surface area contributed by atoms with Gasteiger partial charge < -0.3 is 9.47 Å². The first-order chi connectivity index (χ1) is 16.6. The molecule has 10 heteroatoms. The van der Waals surface area contributed by atoms with Crippen molar-refractivity contribution in [2.24, 2.45) is 0 Å². The first-order valence-electron chi connectivity index (χ1n) is 10.8. The predicted octanol–water partition coefficient (Wildman–Crippen LogP) is 3.43. The van der Waals surface area contributed by atoms with Crippen LogP contribution in [0.2, 0.25) is 0 Å². The number of benzene rings is 2. The van der Waals surface area contributed by atoms with E-state index in [1.807, 2.05) is 6.92 Å². The van der Waals surface area contributed by atoms with E-state index in [9.17, 15) is 22.8 Å². The Bertz CT molecular complexity index is 1360. The van der Waals surface area contributed by atoms with E-state index in [0.29, 0.717) is 11.1 Å². The van der Waals surface area contributed by atoms with Crippen LogP contribution in [-0.4, -0.2) is 44.5 Å². The molecular formula is C25H26N2O7S. The Balaban J connectivity index is 1.97. The lowest BCUT2D eigenvalue weighted by Gasteiger charge is -2.15. The Kier molecular flexibility index (Phi) is 7.75. The molecule has 0 spiro atoms. The average molecular weight is 499 g/mol. The molecule has 0 radical (unpaired) electrons. The summed E-state index contributed by atoms with van der Waals surface area (Å²) in [4.78, 5) is 39.6. The highest BCUT2D eigenvalue weighted by Gasteiger charge is 2.24. The molecule has 0 atom stereocenters. The molecule has 0 saturated heterocycles. The zero-order valence-electron chi connectivity index (χ0n) is 19.8. The fraction of sp³-hybridized carbons (Fsp3) is 0.240. The highest BCUT2D eigenvalue weighted by molar-refractivity contribution is 7.92. The first-order valence-corrected chi connectivity index (χ1v) is 12.2. The Morgan fingerprint density at radius 1 is 0.914 bits per heavy atom. The lowest BCUT2D eigenvalue weighted by Crippen LogP contribution is -2.27. The molecular weight excluding hydrogens is 472 g/mol. The normalized spacial score (nSPS) is 11.1. The molecule has 3 rings (SSSR count). The highest BCUT2D eigenvalue weighted by atomic mass is 32.2. The Hall–Kier alpha value is -3.92. The van der Waals surface area contributed by atoms with E-state index in [4.69, 9.17) is 4.74 Å². The van der Waals surface area contributed by atoms with Gasteiger partial charge in [0.2, 0.25) is 0 Å². The van der Waals surface area contributed by atoms with E-state index in [0.717, 1.165) is 5.56 Å². The number of hydrogen-bond acceptors (Lipinski definition) is 7. The summed E-state index contributed by atoms with van der Waals surface area (Å²) in [7, 11) is -2.76. The van der Waals surface area contributed by atoms with Gasteiger partial charge in [-0.1, -0.05) is 29.8 Å². The number of methoxy groups -OCH3 is 1. The summed E-state index contributed by atoms with van der Waals surface area (Å²) in [5.74, 6) is -1.50. The maximum atomic E-state index is 13.0. The van der Waals surface area contributed by atoms with Crippen LogP contribution in [0.25, 0.3) is 0 Å². The van der Waals surface area contributed by atoms with Gasteiger partial charge in [-0.25, -0.2) is 14.4 Å². The molecule has 9 nitrogen and oxygen atoms in total. The first kappa shape index (κ1) is 25.7. The molecule has 0 saturated carbocycles. The van der Waals surface area contributed by atoms with Gasteiger partial charge in [0.1, 0.15) is 0 Å². The standard InChI is InChI=1S/C25H26N2O7S/c1-5-34-25(30)22-14-20(15-23(28)18-8-10-19(11-9-18)24(29)33-4)27(17(22)3)26-35(31,32)21-12-6-16(2)7-13-21/h6-14,26H,5,15H2,1-4H3. The van der Waals surface area contributed by atoms with Gasteiger partial charge in [0, 0.05) is 11.3 Å². The summed E-state index contributed by atoms with van der Waals surface area (Å²) in [5.41, 5.74) is 2.17. The lowest BCUT2D eigenvalue weighted by molar-refractivity contribution is 0.0524. The zero-order chi connectivity index (χ0) is 25.8. The SMILES string of the molecule is CCOC(=O)c1cc(CC(=O)c2ccc(C(=O)OC)cc2)n(NS(=O)(=O)c2ccc(C)cc2)c1C. The summed E-state index contributed by atoms with van der Waals surface area (Å²) in [6, 6.07) is 13.6. The maximum Gasteiger partial charge on any atom is 0.340 e. The van der Waals surface area contributed by atoms with Crippen molar-refractivity contribution in [3.8, 4) is 0 Å². The number of aryl methyl sites for hydroxylation is 1. The van der Waals surface area contributed by atoms with Gasteiger partial charge in [0.15, 0.2) is 5.78 Å². The third-order valence-electron chi connectivity index (χ3n) is 5.33. The average Bonchev–Trinajstić information content (AvgIpc) is 3.13. The number of rotatable bonds is 9. The second kappa shape index (κ2) is 10.6. The monoisotopic (exact) mass is 498 g/mol. The third-order valence-corrected chi connectivity index (χ3v) is 6.65. The van der Waals surface area contributed by atoms with Crippen molar-refractivity contribution < 1.29 is 32.3 Å². The van der Waals surface area contributed by atoms with Crippen LogP contribution >= 0.6 is 0 Å². The van der Waals surface area contributed by atoms with Crippen LogP contribution in [0.4, 0.5) is 0 Å². The quantitative estimate of drug-likeness (QED) is 0.354. The predicted molar refractivity (Wildman–Crippen MR) is 129 cm³/mol. The molecule has 0 aliphatic heterocycles. The molecule has 1 aromatic heterocycles. The van der Waals surface area contributed by atoms with E-state index in [-0.39, 0.29) is 40.7 Å². The Morgan fingerprint density at radius 2 is 1.51 bits per heavy atom. The summed E-state index contributed by atoms with van der Waals surface area (Å²) >= 11 is 0. The van der Waals surface area contributed by atoms with Gasteiger partial charge in [-0.15, -0.1) is 0 Å². The van der Waals surface area contributed by atoms with E-state index in [2.05, 4.69) is 9.57 Å². The number of hydrogen-bond donors (Lipinski definition) is 1. The van der Waals surface area contributed by atoms with Crippen LogP contribution in [0.1, 0.15) is 54.9 Å². The number of nitrogens with zero attached hydrogens (tertiary/aromatic N) is 1. The van der Waals surface area contributed by atoms with Gasteiger partial charge in [-0.3, -0.25) is 9.47 Å². The van der Waals surface area contributed by atoms with Gasteiger partial charge in [0.05, 0.1) is 41.9 Å². The third kappa shape index (κ3) is 5.78. The summed E-state index contributed by atoms with van der Waals surface area (Å²) in [5, 5.41) is 0. The summed E-state index contributed by atoms with van der Waals surface area (Å²) in [6.07, 6.45) is -0.214. The van der Waals surface area contributed by atoms with Crippen molar-refractivity contribution in [1.29, 1.82) is 0 Å². The molecule has 0 aliphatic rings. The summed E-state index contributed by atoms with van der Waals surface area (Å²) in [6.45, 7) is 5.20. The van der Waals surface area contributed by atoms with Crippen LogP contribution in [-0.2, 0) is 25.9 Å². The molecule has 1 heterocycles. The van der Waals surface area contributed by atoms with Crippen LogP contribution in [0, 0.1) is 13.8 Å². The Labute approximate surface area is 203 Å². The topological polar surface area (TPSA) is 121 Å². The van der Waals surface area contributed by atoms with E-state index in [1.54, 1.807) is 26.0 Å². The number of ketones is 1. The van der Waals surface area contributed by atoms with Crippen LogP contribution in [0.15, 0.2) is 59.5 Å².